The molecule has 1 aromatic rings. The van der Waals surface area contributed by atoms with Crippen molar-refractivity contribution in [3.63, 3.8) is 0 Å². The van der Waals surface area contributed by atoms with Crippen molar-refractivity contribution in [2.75, 3.05) is 6.61 Å². The second-order valence-electron chi connectivity index (χ2n) is 5.22. The van der Waals surface area contributed by atoms with Gasteiger partial charge in [0.15, 0.2) is 0 Å². The van der Waals surface area contributed by atoms with E-state index in [-0.39, 0.29) is 6.10 Å². The minimum Gasteiger partial charge on any atom is -0.493 e. The van der Waals surface area contributed by atoms with Crippen LogP contribution in [0.1, 0.15) is 37.0 Å². The van der Waals surface area contributed by atoms with Gasteiger partial charge in [-0.2, -0.15) is 0 Å². The number of hydrogen-bond acceptors (Lipinski definition) is 2. The zero-order valence-corrected chi connectivity index (χ0v) is 12.1. The van der Waals surface area contributed by atoms with Gasteiger partial charge in [-0.25, -0.2) is 0 Å². The van der Waals surface area contributed by atoms with Crippen molar-refractivity contribution in [2.24, 2.45) is 11.8 Å². The van der Waals surface area contributed by atoms with Crippen molar-refractivity contribution in [1.29, 1.82) is 0 Å². The predicted octanol–water partition coefficient (Wildman–Crippen LogP) is 3.31. The summed E-state index contributed by atoms with van der Waals surface area (Å²) in [6.07, 6.45) is 3.14. The third kappa shape index (κ3) is 2.19. The van der Waals surface area contributed by atoms with Gasteiger partial charge in [0.05, 0.1) is 12.7 Å². The highest BCUT2D eigenvalue weighted by atomic mass is 127. The number of halogens is 1. The van der Waals surface area contributed by atoms with Crippen LogP contribution in [0.25, 0.3) is 0 Å². The van der Waals surface area contributed by atoms with E-state index in [1.165, 1.54) is 22.0 Å². The molecule has 2 atom stereocenters. The van der Waals surface area contributed by atoms with Crippen molar-refractivity contribution < 1.29 is 9.84 Å². The quantitative estimate of drug-likeness (QED) is 0.853. The lowest BCUT2D eigenvalue weighted by atomic mass is 9.91. The number of hydrogen-bond donors (Lipinski definition) is 1. The molecule has 2 aliphatic rings. The zero-order chi connectivity index (χ0) is 12.0. The zero-order valence-electron chi connectivity index (χ0n) is 9.95. The second-order valence-corrected chi connectivity index (χ2v) is 6.47. The van der Waals surface area contributed by atoms with E-state index in [0.29, 0.717) is 11.8 Å². The van der Waals surface area contributed by atoms with E-state index in [0.717, 1.165) is 24.3 Å². The number of fused-ring (bicyclic) bond motifs is 1. The van der Waals surface area contributed by atoms with Crippen LogP contribution in [-0.4, -0.2) is 11.7 Å². The largest absolute Gasteiger partial charge is 0.493 e. The Morgan fingerprint density at radius 1 is 1.41 bits per heavy atom. The Balaban J connectivity index is 1.96. The molecule has 0 aromatic heterocycles. The topological polar surface area (TPSA) is 29.5 Å². The number of rotatable bonds is 3. The molecule has 1 fully saturated rings. The molecule has 17 heavy (non-hydrogen) atoms. The fourth-order valence-corrected chi connectivity index (χ4v) is 3.39. The van der Waals surface area contributed by atoms with Gasteiger partial charge in [0.25, 0.3) is 0 Å². The molecule has 0 amide bonds. The van der Waals surface area contributed by atoms with Crippen molar-refractivity contribution >= 4 is 22.6 Å². The van der Waals surface area contributed by atoms with Crippen LogP contribution in [0.3, 0.4) is 0 Å². The maximum absolute atomic E-state index is 10.5. The van der Waals surface area contributed by atoms with Gasteiger partial charge in [0.1, 0.15) is 5.75 Å². The lowest BCUT2D eigenvalue weighted by Gasteiger charge is -2.21. The molecule has 1 saturated carbocycles. The first-order chi connectivity index (χ1) is 8.16. The maximum Gasteiger partial charge on any atom is 0.128 e. The summed E-state index contributed by atoms with van der Waals surface area (Å²) >= 11 is 2.32. The molecule has 92 valence electrons. The van der Waals surface area contributed by atoms with E-state index in [4.69, 9.17) is 4.74 Å². The monoisotopic (exact) mass is 344 g/mol. The van der Waals surface area contributed by atoms with Crippen LogP contribution in [0.2, 0.25) is 0 Å². The van der Waals surface area contributed by atoms with Crippen LogP contribution in [0.4, 0.5) is 0 Å². The summed E-state index contributed by atoms with van der Waals surface area (Å²) < 4.78 is 6.89. The molecule has 1 aliphatic heterocycles. The van der Waals surface area contributed by atoms with E-state index in [2.05, 4.69) is 41.6 Å². The Hall–Kier alpha value is -0.290. The highest BCUT2D eigenvalue weighted by molar-refractivity contribution is 14.1. The lowest BCUT2D eigenvalue weighted by Crippen LogP contribution is -2.12. The van der Waals surface area contributed by atoms with Crippen LogP contribution in [-0.2, 0) is 6.42 Å². The molecule has 1 aliphatic carbocycles. The highest BCUT2D eigenvalue weighted by Gasteiger charge is 2.35. The van der Waals surface area contributed by atoms with Gasteiger partial charge < -0.3 is 9.84 Å². The van der Waals surface area contributed by atoms with Gasteiger partial charge in [-0.3, -0.25) is 0 Å². The number of benzene rings is 1. The Kier molecular flexibility index (Phi) is 3.07. The molecule has 2 unspecified atom stereocenters. The first-order valence-electron chi connectivity index (χ1n) is 6.30. The maximum atomic E-state index is 10.5. The van der Waals surface area contributed by atoms with Crippen LogP contribution < -0.4 is 4.74 Å². The third-order valence-electron chi connectivity index (χ3n) is 3.96. The predicted molar refractivity (Wildman–Crippen MR) is 75.2 cm³/mol. The van der Waals surface area contributed by atoms with Crippen molar-refractivity contribution in [3.8, 4) is 5.75 Å². The molecular formula is C14H17IO2. The third-order valence-corrected chi connectivity index (χ3v) is 4.58. The molecule has 1 heterocycles. The van der Waals surface area contributed by atoms with Gasteiger partial charge in [-0.05, 0) is 65.0 Å². The van der Waals surface area contributed by atoms with E-state index in [1.807, 2.05) is 0 Å². The summed E-state index contributed by atoms with van der Waals surface area (Å²) in [5.74, 6) is 2.01. The Labute approximate surface area is 116 Å². The average Bonchev–Trinajstić information content (AvgIpc) is 3.05. The molecule has 0 bridgehead atoms. The van der Waals surface area contributed by atoms with Crippen LogP contribution >= 0.6 is 22.6 Å². The Morgan fingerprint density at radius 3 is 2.88 bits per heavy atom. The summed E-state index contributed by atoms with van der Waals surface area (Å²) in [7, 11) is 0. The molecule has 0 radical (unpaired) electrons. The summed E-state index contributed by atoms with van der Waals surface area (Å²) in [5, 5.41) is 10.5. The number of ether oxygens (including phenoxy) is 1. The van der Waals surface area contributed by atoms with Crippen LogP contribution in [0, 0.1) is 15.4 Å². The fourth-order valence-electron chi connectivity index (χ4n) is 2.68. The standard InChI is InChI=1S/C14H17IO2/c1-8(9-2-3-9)13(16)12-7-11(15)6-10-4-5-17-14(10)12/h6-9,13,16H,2-5H2,1H3. The first kappa shape index (κ1) is 11.8. The second kappa shape index (κ2) is 4.43. The molecule has 3 heteroatoms. The Bertz CT molecular complexity index is 440. The summed E-state index contributed by atoms with van der Waals surface area (Å²) in [5.41, 5.74) is 2.26. The molecule has 0 saturated heterocycles. The van der Waals surface area contributed by atoms with Gasteiger partial charge in [-0.1, -0.05) is 6.92 Å². The van der Waals surface area contributed by atoms with E-state index in [1.54, 1.807) is 0 Å². The van der Waals surface area contributed by atoms with E-state index in [9.17, 15) is 5.11 Å². The fraction of sp³-hybridized carbons (Fsp3) is 0.571. The molecule has 3 rings (SSSR count). The van der Waals surface area contributed by atoms with Crippen molar-refractivity contribution in [2.45, 2.75) is 32.3 Å². The molecule has 1 aromatic carbocycles. The number of aliphatic hydroxyl groups is 1. The average molecular weight is 344 g/mol. The van der Waals surface area contributed by atoms with Crippen molar-refractivity contribution in [3.05, 3.63) is 26.8 Å². The summed E-state index contributed by atoms with van der Waals surface area (Å²) in [4.78, 5) is 0. The lowest BCUT2D eigenvalue weighted by molar-refractivity contribution is 0.103. The minimum absolute atomic E-state index is 0.349. The SMILES string of the molecule is CC(C1CC1)C(O)c1cc(I)cc2c1OCC2. The highest BCUT2D eigenvalue weighted by Crippen LogP contribution is 2.45. The Morgan fingerprint density at radius 2 is 2.18 bits per heavy atom. The normalized spacial score (nSPS) is 21.8. The first-order valence-corrected chi connectivity index (χ1v) is 7.38. The van der Waals surface area contributed by atoms with Crippen molar-refractivity contribution in [1.82, 2.24) is 0 Å². The van der Waals surface area contributed by atoms with Crippen LogP contribution in [0.5, 0.6) is 5.75 Å². The van der Waals surface area contributed by atoms with Gasteiger partial charge in [0.2, 0.25) is 0 Å². The summed E-state index contributed by atoms with van der Waals surface area (Å²) in [6, 6.07) is 4.25. The van der Waals surface area contributed by atoms with Gasteiger partial charge >= 0.3 is 0 Å². The summed E-state index contributed by atoms with van der Waals surface area (Å²) in [6.45, 7) is 2.91. The number of aliphatic hydroxyl groups excluding tert-OH is 1. The molecule has 2 nitrogen and oxygen atoms in total. The molecule has 0 spiro atoms. The van der Waals surface area contributed by atoms with Gasteiger partial charge in [-0.15, -0.1) is 0 Å². The molecule has 1 N–H and O–H groups in total. The van der Waals surface area contributed by atoms with E-state index >= 15 is 0 Å². The van der Waals surface area contributed by atoms with E-state index < -0.39 is 0 Å². The molecular weight excluding hydrogens is 327 g/mol. The minimum atomic E-state index is -0.371. The smallest absolute Gasteiger partial charge is 0.128 e. The van der Waals surface area contributed by atoms with Gasteiger partial charge in [0, 0.05) is 15.6 Å². The van der Waals surface area contributed by atoms with Crippen LogP contribution in [0.15, 0.2) is 12.1 Å².